The second-order valence-corrected chi connectivity index (χ2v) is 3.30. The van der Waals surface area contributed by atoms with Gasteiger partial charge >= 0.3 is 0 Å². The summed E-state index contributed by atoms with van der Waals surface area (Å²) in [6.45, 7) is 2.69. The van der Waals surface area contributed by atoms with Crippen molar-refractivity contribution in [2.45, 2.75) is 19.8 Å². The molecule has 0 saturated heterocycles. The van der Waals surface area contributed by atoms with Crippen LogP contribution in [0.15, 0.2) is 0 Å². The second-order valence-electron chi connectivity index (χ2n) is 2.07. The predicted molar refractivity (Wildman–Crippen MR) is 48.2 cm³/mol. The highest BCUT2D eigenvalue weighted by Gasteiger charge is 2.02. The van der Waals surface area contributed by atoms with Crippen LogP contribution in [0.2, 0.25) is 0 Å². The third kappa shape index (κ3) is 6.11. The standard InChI is InChI=1S/C7H15NOS/c1-2-7(9)3-5-10-6-4-8/h2-6,8H2,1H3/p+1. The maximum atomic E-state index is 9.03. The van der Waals surface area contributed by atoms with Crippen molar-refractivity contribution >= 4 is 17.5 Å². The fraction of sp³-hybridized carbons (Fsp3) is 0.857. The summed E-state index contributed by atoms with van der Waals surface area (Å²) in [4.78, 5) is 9.03. The van der Waals surface area contributed by atoms with Crippen LogP contribution in [0.4, 0.5) is 0 Å². The first-order valence-corrected chi connectivity index (χ1v) is 4.78. The van der Waals surface area contributed by atoms with Gasteiger partial charge in [-0.3, -0.25) is 4.79 Å². The third-order valence-corrected chi connectivity index (χ3v) is 2.22. The van der Waals surface area contributed by atoms with Crippen LogP contribution in [0.3, 0.4) is 0 Å². The number of hydrogen-bond acceptors (Lipinski definition) is 2. The Morgan fingerprint density at radius 2 is 2.20 bits per heavy atom. The molecule has 0 bridgehead atoms. The molecule has 0 aliphatic rings. The lowest BCUT2D eigenvalue weighted by Crippen LogP contribution is -2.03. The lowest BCUT2D eigenvalue weighted by Gasteiger charge is -1.93. The quantitative estimate of drug-likeness (QED) is 0.468. The first-order valence-electron chi connectivity index (χ1n) is 3.62. The zero-order chi connectivity index (χ0) is 7.82. The van der Waals surface area contributed by atoms with E-state index in [0.29, 0.717) is 5.78 Å². The highest BCUT2D eigenvalue weighted by Crippen LogP contribution is 2.01. The van der Waals surface area contributed by atoms with Crippen molar-refractivity contribution in [1.29, 1.82) is 0 Å². The fourth-order valence-electron chi connectivity index (χ4n) is 0.552. The first-order chi connectivity index (χ1) is 4.81. The predicted octanol–water partition coefficient (Wildman–Crippen LogP) is 1.02. The Morgan fingerprint density at radius 3 is 2.70 bits per heavy atom. The molecule has 0 aliphatic carbocycles. The van der Waals surface area contributed by atoms with E-state index in [9.17, 15) is 0 Å². The van der Waals surface area contributed by atoms with Crippen LogP contribution in [-0.2, 0) is 0 Å². The Hall–Kier alpha value is -0.0200. The lowest BCUT2D eigenvalue weighted by molar-refractivity contribution is 0.649. The number of hydrogen-bond donors (Lipinski definition) is 1. The van der Waals surface area contributed by atoms with E-state index >= 15 is 0 Å². The van der Waals surface area contributed by atoms with Gasteiger partial charge < -0.3 is 5.73 Å². The summed E-state index contributed by atoms with van der Waals surface area (Å²) in [5.74, 6) is 2.60. The van der Waals surface area contributed by atoms with Gasteiger partial charge in [0.2, 0.25) is 0 Å². The fourth-order valence-corrected chi connectivity index (χ4v) is 1.30. The van der Waals surface area contributed by atoms with E-state index in [2.05, 4.69) is 0 Å². The Morgan fingerprint density at radius 1 is 1.50 bits per heavy atom. The van der Waals surface area contributed by atoms with Crippen LogP contribution in [0, 0.1) is 0 Å². The molecule has 0 atom stereocenters. The van der Waals surface area contributed by atoms with Crippen molar-refractivity contribution in [3.63, 3.8) is 0 Å². The number of thioether (sulfide) groups is 1. The van der Waals surface area contributed by atoms with Crippen molar-refractivity contribution in [3.8, 4) is 0 Å². The SMILES string of the molecule is CCC(=[OH+])CCSCCN. The average Bonchev–Trinajstić information content (AvgIpc) is 1.98. The Labute approximate surface area is 66.6 Å². The van der Waals surface area contributed by atoms with Gasteiger partial charge in [0.25, 0.3) is 5.78 Å². The van der Waals surface area contributed by atoms with E-state index in [1.807, 2.05) is 6.92 Å². The molecule has 3 N–H and O–H groups in total. The zero-order valence-corrected chi connectivity index (χ0v) is 7.28. The van der Waals surface area contributed by atoms with Crippen molar-refractivity contribution in [2.75, 3.05) is 18.1 Å². The van der Waals surface area contributed by atoms with E-state index in [4.69, 9.17) is 10.5 Å². The van der Waals surface area contributed by atoms with Crippen LogP contribution in [0.1, 0.15) is 19.8 Å². The molecule has 0 aromatic carbocycles. The maximum absolute atomic E-state index is 9.03. The topological polar surface area (TPSA) is 47.4 Å². The molecule has 0 fully saturated rings. The van der Waals surface area contributed by atoms with Gasteiger partial charge in [0.15, 0.2) is 0 Å². The molecule has 0 radical (unpaired) electrons. The molecular formula is C7H16NOS+. The van der Waals surface area contributed by atoms with E-state index < -0.39 is 0 Å². The van der Waals surface area contributed by atoms with Crippen molar-refractivity contribution < 1.29 is 4.79 Å². The summed E-state index contributed by atoms with van der Waals surface area (Å²) < 4.78 is 0. The maximum Gasteiger partial charge on any atom is 0.293 e. The summed E-state index contributed by atoms with van der Waals surface area (Å²) in [6.07, 6.45) is 1.60. The van der Waals surface area contributed by atoms with Gasteiger partial charge in [-0.2, -0.15) is 11.8 Å². The van der Waals surface area contributed by atoms with Crippen molar-refractivity contribution in [3.05, 3.63) is 0 Å². The minimum atomic E-state index is 0.601. The molecule has 0 unspecified atom stereocenters. The van der Waals surface area contributed by atoms with Crippen LogP contribution in [-0.4, -0.2) is 28.6 Å². The van der Waals surface area contributed by atoms with Gasteiger partial charge in [0.05, 0.1) is 12.8 Å². The number of ketones is 1. The van der Waals surface area contributed by atoms with E-state index in [-0.39, 0.29) is 0 Å². The van der Waals surface area contributed by atoms with Crippen LogP contribution in [0.25, 0.3) is 0 Å². The molecule has 0 saturated carbocycles. The number of nitrogens with two attached hydrogens (primary N) is 1. The lowest BCUT2D eigenvalue weighted by atomic mass is 10.2. The Balaban J connectivity index is 2.96. The number of rotatable bonds is 6. The molecule has 0 aliphatic heterocycles. The van der Waals surface area contributed by atoms with Crippen LogP contribution < -0.4 is 5.73 Å². The summed E-state index contributed by atoms with van der Waals surface area (Å²) in [6, 6.07) is 0. The molecule has 3 heteroatoms. The first kappa shape index (κ1) is 9.98. The van der Waals surface area contributed by atoms with E-state index in [1.165, 1.54) is 0 Å². The molecule has 60 valence electrons. The van der Waals surface area contributed by atoms with Gasteiger partial charge in [-0.15, -0.1) is 0 Å². The average molecular weight is 162 g/mol. The molecule has 0 aromatic rings. The molecule has 0 amide bonds. The Kier molecular flexibility index (Phi) is 7.08. The largest absolute Gasteiger partial charge is 0.330 e. The summed E-state index contributed by atoms with van der Waals surface area (Å²) in [5, 5.41) is 0. The van der Waals surface area contributed by atoms with Gasteiger partial charge in [-0.25, -0.2) is 0 Å². The van der Waals surface area contributed by atoms with Crippen molar-refractivity contribution in [1.82, 2.24) is 0 Å². The summed E-state index contributed by atoms with van der Waals surface area (Å²) in [5.41, 5.74) is 5.29. The molecule has 0 spiro atoms. The van der Waals surface area contributed by atoms with Crippen LogP contribution in [0.5, 0.6) is 0 Å². The molecule has 0 aromatic heterocycles. The summed E-state index contributed by atoms with van der Waals surface area (Å²) >= 11 is 1.79. The van der Waals surface area contributed by atoms with Gasteiger partial charge in [0.1, 0.15) is 0 Å². The minimum absolute atomic E-state index is 0.601. The van der Waals surface area contributed by atoms with Gasteiger partial charge in [-0.05, 0) is 0 Å². The monoisotopic (exact) mass is 162 g/mol. The smallest absolute Gasteiger partial charge is 0.293 e. The molecule has 2 nitrogen and oxygen atoms in total. The van der Waals surface area contributed by atoms with Crippen molar-refractivity contribution in [2.24, 2.45) is 5.73 Å². The third-order valence-electron chi connectivity index (χ3n) is 1.21. The highest BCUT2D eigenvalue weighted by atomic mass is 32.2. The molecule has 0 heterocycles. The zero-order valence-electron chi connectivity index (χ0n) is 6.47. The Bertz CT molecular complexity index is 95.6. The normalized spacial score (nSPS) is 9.80. The summed E-state index contributed by atoms with van der Waals surface area (Å²) in [7, 11) is 0. The number of carbonyl (C=O) groups excluding carboxylic acids is 1. The molecule has 0 rings (SSSR count). The second kappa shape index (κ2) is 7.09. The highest BCUT2D eigenvalue weighted by molar-refractivity contribution is 7.99. The van der Waals surface area contributed by atoms with E-state index in [0.717, 1.165) is 30.9 Å². The minimum Gasteiger partial charge on any atom is -0.330 e. The molecule has 10 heavy (non-hydrogen) atoms. The van der Waals surface area contributed by atoms with Gasteiger partial charge in [0, 0.05) is 18.1 Å². The molecular weight excluding hydrogens is 146 g/mol. The van der Waals surface area contributed by atoms with Gasteiger partial charge in [-0.1, -0.05) is 6.92 Å². The van der Waals surface area contributed by atoms with Crippen LogP contribution >= 0.6 is 11.8 Å². The van der Waals surface area contributed by atoms with E-state index in [1.54, 1.807) is 11.8 Å².